The summed E-state index contributed by atoms with van der Waals surface area (Å²) in [6.07, 6.45) is 1.93. The number of thiazole rings is 1. The first-order chi connectivity index (χ1) is 7.59. The monoisotopic (exact) mass is 243 g/mol. The lowest BCUT2D eigenvalue weighted by molar-refractivity contribution is -0.137. The zero-order chi connectivity index (χ0) is 12.0. The quantitative estimate of drug-likeness (QED) is 0.628. The summed E-state index contributed by atoms with van der Waals surface area (Å²) in [5, 5.41) is 13.0. The molecule has 0 aliphatic heterocycles. The molecule has 0 aliphatic rings. The molecule has 0 saturated heterocycles. The number of aliphatic carboxylic acids is 1. The number of hydrogen-bond donors (Lipinski definition) is 3. The second kappa shape index (κ2) is 6.19. The van der Waals surface area contributed by atoms with Gasteiger partial charge in [-0.1, -0.05) is 0 Å². The fourth-order valence-electron chi connectivity index (χ4n) is 1.11. The molecule has 0 fully saturated rings. The van der Waals surface area contributed by atoms with Gasteiger partial charge in [-0.05, 0) is 12.8 Å². The highest BCUT2D eigenvalue weighted by molar-refractivity contribution is 7.11. The summed E-state index contributed by atoms with van der Waals surface area (Å²) in [7, 11) is 0. The Kier molecular flexibility index (Phi) is 4.87. The Balaban J connectivity index is 2.26. The van der Waals surface area contributed by atoms with Crippen LogP contribution in [0.5, 0.6) is 0 Å². The van der Waals surface area contributed by atoms with Crippen molar-refractivity contribution < 1.29 is 14.7 Å². The zero-order valence-corrected chi connectivity index (χ0v) is 9.37. The van der Waals surface area contributed by atoms with Crippen LogP contribution >= 0.6 is 11.3 Å². The van der Waals surface area contributed by atoms with Crippen LogP contribution in [0.2, 0.25) is 0 Å². The number of nitrogens with one attached hydrogen (secondary N) is 1. The molecule has 1 unspecified atom stereocenters. The smallest absolute Gasteiger partial charge is 0.303 e. The molecule has 0 aromatic carbocycles. The Hall–Kier alpha value is -1.47. The van der Waals surface area contributed by atoms with Crippen molar-refractivity contribution in [3.63, 3.8) is 0 Å². The Morgan fingerprint density at radius 1 is 1.62 bits per heavy atom. The number of carbonyl (C=O) groups is 2. The van der Waals surface area contributed by atoms with E-state index in [9.17, 15) is 9.59 Å². The van der Waals surface area contributed by atoms with Gasteiger partial charge in [0.15, 0.2) is 5.01 Å². The highest BCUT2D eigenvalue weighted by Gasteiger charge is 2.12. The Bertz CT molecular complexity index is 353. The number of nitrogens with two attached hydrogens (primary N) is 1. The average Bonchev–Trinajstić information content (AvgIpc) is 2.69. The minimum atomic E-state index is -0.863. The van der Waals surface area contributed by atoms with E-state index in [-0.39, 0.29) is 12.3 Å². The molecule has 0 radical (unpaired) electrons. The van der Waals surface area contributed by atoms with E-state index < -0.39 is 12.1 Å². The van der Waals surface area contributed by atoms with Gasteiger partial charge in [0.25, 0.3) is 5.91 Å². The largest absolute Gasteiger partial charge is 0.481 e. The van der Waals surface area contributed by atoms with Crippen molar-refractivity contribution in [2.75, 3.05) is 0 Å². The first-order valence-corrected chi connectivity index (χ1v) is 5.65. The lowest BCUT2D eigenvalue weighted by Crippen LogP contribution is -2.41. The maximum atomic E-state index is 11.5. The molecule has 4 N–H and O–H groups in total. The fraction of sp³-hybridized carbons (Fsp3) is 0.444. The SMILES string of the molecule is NC(CCCC(=O)O)NC(=O)c1nccs1. The van der Waals surface area contributed by atoms with E-state index >= 15 is 0 Å². The number of hydrogen-bond acceptors (Lipinski definition) is 5. The topological polar surface area (TPSA) is 105 Å². The molecule has 1 atom stereocenters. The number of aromatic nitrogens is 1. The molecular formula is C9H13N3O3S. The summed E-state index contributed by atoms with van der Waals surface area (Å²) in [5.41, 5.74) is 5.62. The number of carboxylic acids is 1. The lowest BCUT2D eigenvalue weighted by Gasteiger charge is -2.11. The molecule has 1 heterocycles. The molecule has 1 aromatic heterocycles. The highest BCUT2D eigenvalue weighted by atomic mass is 32.1. The van der Waals surface area contributed by atoms with Crippen LogP contribution in [0, 0.1) is 0 Å². The maximum Gasteiger partial charge on any atom is 0.303 e. The highest BCUT2D eigenvalue weighted by Crippen LogP contribution is 2.04. The second-order valence-corrected chi connectivity index (χ2v) is 4.10. The van der Waals surface area contributed by atoms with Crippen LogP contribution < -0.4 is 11.1 Å². The van der Waals surface area contributed by atoms with Crippen molar-refractivity contribution in [1.29, 1.82) is 0 Å². The van der Waals surface area contributed by atoms with Gasteiger partial charge < -0.3 is 16.2 Å². The van der Waals surface area contributed by atoms with Gasteiger partial charge in [0.05, 0.1) is 6.17 Å². The van der Waals surface area contributed by atoms with Crippen molar-refractivity contribution in [2.45, 2.75) is 25.4 Å². The van der Waals surface area contributed by atoms with E-state index in [1.807, 2.05) is 0 Å². The van der Waals surface area contributed by atoms with E-state index in [2.05, 4.69) is 10.3 Å². The van der Waals surface area contributed by atoms with Crippen LogP contribution in [0.25, 0.3) is 0 Å². The van der Waals surface area contributed by atoms with Crippen LogP contribution in [0.15, 0.2) is 11.6 Å². The Morgan fingerprint density at radius 3 is 2.94 bits per heavy atom. The average molecular weight is 243 g/mol. The van der Waals surface area contributed by atoms with Gasteiger partial charge in [-0.2, -0.15) is 0 Å². The third-order valence-corrected chi connectivity index (χ3v) is 2.62. The standard InChI is InChI=1S/C9H13N3O3S/c10-6(2-1-3-7(13)14)12-8(15)9-11-4-5-16-9/h4-6H,1-3,10H2,(H,12,15)(H,13,14). The minimum absolute atomic E-state index is 0.0564. The second-order valence-electron chi connectivity index (χ2n) is 3.20. The van der Waals surface area contributed by atoms with Gasteiger partial charge in [0.1, 0.15) is 0 Å². The van der Waals surface area contributed by atoms with Crippen LogP contribution in [-0.2, 0) is 4.79 Å². The normalized spacial score (nSPS) is 12.1. The maximum absolute atomic E-state index is 11.5. The van der Waals surface area contributed by atoms with Crippen LogP contribution in [0.3, 0.4) is 0 Å². The summed E-state index contributed by atoms with van der Waals surface area (Å²) >= 11 is 1.23. The number of carbonyl (C=O) groups excluding carboxylic acids is 1. The first-order valence-electron chi connectivity index (χ1n) is 4.77. The van der Waals surface area contributed by atoms with Gasteiger partial charge in [0.2, 0.25) is 0 Å². The van der Waals surface area contributed by atoms with Crippen LogP contribution in [0.1, 0.15) is 29.1 Å². The van der Waals surface area contributed by atoms with E-state index in [0.717, 1.165) is 0 Å². The van der Waals surface area contributed by atoms with Crippen LogP contribution in [-0.4, -0.2) is 28.1 Å². The molecular weight excluding hydrogens is 230 g/mol. The zero-order valence-electron chi connectivity index (χ0n) is 8.55. The third kappa shape index (κ3) is 4.37. The van der Waals surface area contributed by atoms with Gasteiger partial charge in [-0.25, -0.2) is 4.98 Å². The predicted molar refractivity (Wildman–Crippen MR) is 59.0 cm³/mol. The van der Waals surface area contributed by atoms with E-state index in [4.69, 9.17) is 10.8 Å². The van der Waals surface area contributed by atoms with Crippen molar-refractivity contribution in [2.24, 2.45) is 5.73 Å². The Morgan fingerprint density at radius 2 is 2.38 bits per heavy atom. The molecule has 0 saturated carbocycles. The van der Waals surface area contributed by atoms with Crippen molar-refractivity contribution in [1.82, 2.24) is 10.3 Å². The lowest BCUT2D eigenvalue weighted by atomic mass is 10.2. The summed E-state index contributed by atoms with van der Waals surface area (Å²) in [6.45, 7) is 0. The molecule has 16 heavy (non-hydrogen) atoms. The van der Waals surface area contributed by atoms with Gasteiger partial charge in [-0.3, -0.25) is 9.59 Å². The summed E-state index contributed by atoms with van der Waals surface area (Å²) < 4.78 is 0. The van der Waals surface area contributed by atoms with Crippen molar-refractivity contribution >= 4 is 23.2 Å². The van der Waals surface area contributed by atoms with Crippen LogP contribution in [0.4, 0.5) is 0 Å². The van der Waals surface area contributed by atoms with E-state index in [1.54, 1.807) is 5.38 Å². The molecule has 0 aliphatic carbocycles. The molecule has 1 rings (SSSR count). The van der Waals surface area contributed by atoms with Gasteiger partial charge in [-0.15, -0.1) is 11.3 Å². The molecule has 1 aromatic rings. The van der Waals surface area contributed by atoms with Gasteiger partial charge >= 0.3 is 5.97 Å². The molecule has 0 bridgehead atoms. The van der Waals surface area contributed by atoms with Crippen molar-refractivity contribution in [3.05, 3.63) is 16.6 Å². The van der Waals surface area contributed by atoms with E-state index in [0.29, 0.717) is 17.8 Å². The number of carboxylic acid groups (broad SMARTS) is 1. The Labute approximate surface area is 96.5 Å². The minimum Gasteiger partial charge on any atom is -0.481 e. The van der Waals surface area contributed by atoms with Gasteiger partial charge in [0, 0.05) is 18.0 Å². The predicted octanol–water partition coefficient (Wildman–Crippen LogP) is 0.413. The molecule has 88 valence electrons. The summed E-state index contributed by atoms with van der Waals surface area (Å²) in [4.78, 5) is 25.5. The molecule has 7 heteroatoms. The third-order valence-electron chi connectivity index (χ3n) is 1.85. The number of amides is 1. The molecule has 0 spiro atoms. The van der Waals surface area contributed by atoms with E-state index in [1.165, 1.54) is 17.5 Å². The first kappa shape index (κ1) is 12.6. The number of rotatable bonds is 6. The van der Waals surface area contributed by atoms with Crippen molar-refractivity contribution in [3.8, 4) is 0 Å². The molecule has 1 amide bonds. The molecule has 6 nitrogen and oxygen atoms in total. The fourth-order valence-corrected chi connectivity index (χ4v) is 1.65. The summed E-state index contributed by atoms with van der Waals surface area (Å²) in [5.74, 6) is -1.18. The number of nitrogens with zero attached hydrogens (tertiary/aromatic N) is 1. The summed E-state index contributed by atoms with van der Waals surface area (Å²) in [6, 6.07) is 0.